The normalized spacial score (nSPS) is 14.2. The first-order valence-corrected chi connectivity index (χ1v) is 3.57. The molecule has 0 aromatic rings. The molecule has 0 atom stereocenters. The third-order valence-corrected chi connectivity index (χ3v) is 1.10. The van der Waals surface area contributed by atoms with E-state index in [0.717, 1.165) is 0 Å². The lowest BCUT2D eigenvalue weighted by Gasteiger charge is -1.80. The Hall–Kier alpha value is -1.06. The number of alkyl carbamates (subject to hydrolysis) is 1. The van der Waals surface area contributed by atoms with Gasteiger partial charge in [0.1, 0.15) is 12.4 Å². The minimum atomic E-state index is -0.296. The number of Topliss-reactive ketones (excluding diaryl/α,β-unsaturated/α-hetero) is 1. The zero-order valence-electron chi connectivity index (χ0n) is 6.85. The summed E-state index contributed by atoms with van der Waals surface area (Å²) < 4.78 is 4.40. The maximum Gasteiger partial charge on any atom is 0.407 e. The van der Waals surface area contributed by atoms with E-state index in [1.807, 2.05) is 6.92 Å². The molecule has 1 aliphatic heterocycles. The Morgan fingerprint density at radius 2 is 2.27 bits per heavy atom. The molecular formula is C7H13NO3. The van der Waals surface area contributed by atoms with Gasteiger partial charge in [-0.05, 0) is 6.92 Å². The monoisotopic (exact) mass is 159 g/mol. The van der Waals surface area contributed by atoms with Crippen LogP contribution < -0.4 is 5.32 Å². The predicted molar refractivity (Wildman–Crippen MR) is 40.3 cm³/mol. The molecule has 1 amide bonds. The van der Waals surface area contributed by atoms with E-state index in [4.69, 9.17) is 0 Å². The molecule has 1 saturated heterocycles. The molecule has 64 valence electrons. The van der Waals surface area contributed by atoms with Crippen LogP contribution in [0.4, 0.5) is 4.79 Å². The summed E-state index contributed by atoms with van der Waals surface area (Å²) in [6.07, 6.45) is 0.370. The van der Waals surface area contributed by atoms with Gasteiger partial charge in [-0.25, -0.2) is 4.79 Å². The third kappa shape index (κ3) is 6.83. The van der Waals surface area contributed by atoms with Crippen LogP contribution in [0.3, 0.4) is 0 Å². The summed E-state index contributed by atoms with van der Waals surface area (Å²) in [5.74, 6) is 0.255. The minimum Gasteiger partial charge on any atom is -0.448 e. The standard InChI is InChI=1S/C4H8O.C3H5NO2/c1-3-4(2)5;5-3-4-1-2-6-3/h3H2,1-2H3;1-2H2,(H,4,5). The van der Waals surface area contributed by atoms with Gasteiger partial charge in [0.15, 0.2) is 0 Å². The summed E-state index contributed by atoms with van der Waals surface area (Å²) in [5.41, 5.74) is 0. The Labute approximate surface area is 65.9 Å². The van der Waals surface area contributed by atoms with Crippen LogP contribution in [0.1, 0.15) is 20.3 Å². The molecule has 4 heteroatoms. The highest BCUT2D eigenvalue weighted by atomic mass is 16.6. The molecule has 1 fully saturated rings. The van der Waals surface area contributed by atoms with E-state index in [2.05, 4.69) is 10.1 Å². The van der Waals surface area contributed by atoms with Gasteiger partial charge in [0.05, 0.1) is 6.54 Å². The van der Waals surface area contributed by atoms with Crippen LogP contribution in [0.2, 0.25) is 0 Å². The van der Waals surface area contributed by atoms with Crippen molar-refractivity contribution in [3.8, 4) is 0 Å². The average molecular weight is 159 g/mol. The largest absolute Gasteiger partial charge is 0.448 e. The quantitative estimate of drug-likeness (QED) is 0.613. The zero-order valence-corrected chi connectivity index (χ0v) is 6.85. The van der Waals surface area contributed by atoms with Crippen molar-refractivity contribution < 1.29 is 14.3 Å². The molecule has 1 heterocycles. The second-order valence-corrected chi connectivity index (χ2v) is 2.12. The summed E-state index contributed by atoms with van der Waals surface area (Å²) in [6.45, 7) is 4.62. The molecule has 0 radical (unpaired) electrons. The van der Waals surface area contributed by atoms with Crippen LogP contribution in [-0.2, 0) is 9.53 Å². The van der Waals surface area contributed by atoms with Crippen LogP contribution >= 0.6 is 0 Å². The SMILES string of the molecule is CCC(C)=O.O=C1NCCO1. The van der Waals surface area contributed by atoms with Crippen molar-refractivity contribution in [1.29, 1.82) is 0 Å². The second kappa shape index (κ2) is 5.70. The summed E-state index contributed by atoms with van der Waals surface area (Å²) in [4.78, 5) is 19.7. The molecule has 1 N–H and O–H groups in total. The van der Waals surface area contributed by atoms with E-state index in [1.165, 1.54) is 0 Å². The van der Waals surface area contributed by atoms with Gasteiger partial charge < -0.3 is 14.8 Å². The van der Waals surface area contributed by atoms with Gasteiger partial charge in [-0.2, -0.15) is 0 Å². The van der Waals surface area contributed by atoms with Crippen LogP contribution in [0.5, 0.6) is 0 Å². The Bertz CT molecular complexity index is 137. The summed E-state index contributed by atoms with van der Waals surface area (Å²) >= 11 is 0. The zero-order chi connectivity index (χ0) is 8.69. The fraction of sp³-hybridized carbons (Fsp3) is 0.714. The number of hydrogen-bond acceptors (Lipinski definition) is 3. The summed E-state index contributed by atoms with van der Waals surface area (Å²) in [5, 5.41) is 2.46. The number of hydrogen-bond donors (Lipinski definition) is 1. The molecule has 0 aromatic heterocycles. The fourth-order valence-electron chi connectivity index (χ4n) is 0.348. The molecule has 0 spiro atoms. The average Bonchev–Trinajstić information content (AvgIpc) is 2.41. The smallest absolute Gasteiger partial charge is 0.407 e. The third-order valence-electron chi connectivity index (χ3n) is 1.10. The highest BCUT2D eigenvalue weighted by Crippen LogP contribution is 1.82. The summed E-state index contributed by atoms with van der Waals surface area (Å²) in [6, 6.07) is 0. The number of nitrogens with one attached hydrogen (secondary N) is 1. The first-order chi connectivity index (χ1) is 5.16. The van der Waals surface area contributed by atoms with Gasteiger partial charge in [0, 0.05) is 6.42 Å². The molecule has 4 nitrogen and oxygen atoms in total. The molecule has 0 aromatic carbocycles. The van der Waals surface area contributed by atoms with Gasteiger partial charge in [0.25, 0.3) is 0 Å². The first kappa shape index (κ1) is 9.94. The predicted octanol–water partition coefficient (Wildman–Crippen LogP) is 0.712. The number of carbonyl (C=O) groups is 2. The van der Waals surface area contributed by atoms with Crippen molar-refractivity contribution >= 4 is 11.9 Å². The molecule has 11 heavy (non-hydrogen) atoms. The highest BCUT2D eigenvalue weighted by Gasteiger charge is 2.06. The maximum absolute atomic E-state index is 9.91. The Balaban J connectivity index is 0.000000187. The molecule has 0 saturated carbocycles. The molecular weight excluding hydrogens is 146 g/mol. The van der Waals surface area contributed by atoms with Crippen LogP contribution in [0, 0.1) is 0 Å². The molecule has 1 rings (SSSR count). The Kier molecular flexibility index (Phi) is 5.15. The van der Waals surface area contributed by atoms with Crippen molar-refractivity contribution in [2.75, 3.05) is 13.2 Å². The molecule has 0 aliphatic carbocycles. The number of ketones is 1. The molecule has 0 bridgehead atoms. The lowest BCUT2D eigenvalue weighted by atomic mass is 10.4. The minimum absolute atomic E-state index is 0.255. The topological polar surface area (TPSA) is 55.4 Å². The Morgan fingerprint density at radius 3 is 2.36 bits per heavy atom. The lowest BCUT2D eigenvalue weighted by molar-refractivity contribution is -0.116. The van der Waals surface area contributed by atoms with E-state index in [-0.39, 0.29) is 11.9 Å². The fourth-order valence-corrected chi connectivity index (χ4v) is 0.348. The van der Waals surface area contributed by atoms with Crippen LogP contribution in [-0.4, -0.2) is 25.0 Å². The van der Waals surface area contributed by atoms with Crippen molar-refractivity contribution in [2.45, 2.75) is 20.3 Å². The highest BCUT2D eigenvalue weighted by molar-refractivity contribution is 5.74. The van der Waals surface area contributed by atoms with Gasteiger partial charge in [-0.1, -0.05) is 6.92 Å². The van der Waals surface area contributed by atoms with Gasteiger partial charge in [0.2, 0.25) is 0 Å². The molecule has 1 aliphatic rings. The van der Waals surface area contributed by atoms with Crippen molar-refractivity contribution in [2.24, 2.45) is 0 Å². The number of carbonyl (C=O) groups excluding carboxylic acids is 2. The molecule has 0 unspecified atom stereocenters. The van der Waals surface area contributed by atoms with Gasteiger partial charge in [-0.3, -0.25) is 0 Å². The second-order valence-electron chi connectivity index (χ2n) is 2.12. The Morgan fingerprint density at radius 1 is 1.73 bits per heavy atom. The van der Waals surface area contributed by atoms with Crippen molar-refractivity contribution in [1.82, 2.24) is 5.32 Å². The van der Waals surface area contributed by atoms with Crippen LogP contribution in [0.25, 0.3) is 0 Å². The van der Waals surface area contributed by atoms with Gasteiger partial charge >= 0.3 is 6.09 Å². The van der Waals surface area contributed by atoms with Gasteiger partial charge in [-0.15, -0.1) is 0 Å². The lowest BCUT2D eigenvalue weighted by Crippen LogP contribution is -2.11. The summed E-state index contributed by atoms with van der Waals surface area (Å²) in [7, 11) is 0. The van der Waals surface area contributed by atoms with Crippen LogP contribution in [0.15, 0.2) is 0 Å². The first-order valence-electron chi connectivity index (χ1n) is 3.57. The van der Waals surface area contributed by atoms with E-state index in [1.54, 1.807) is 6.92 Å². The van der Waals surface area contributed by atoms with E-state index in [9.17, 15) is 9.59 Å². The number of rotatable bonds is 1. The van der Waals surface area contributed by atoms with Crippen molar-refractivity contribution in [3.05, 3.63) is 0 Å². The van der Waals surface area contributed by atoms with Crippen molar-refractivity contribution in [3.63, 3.8) is 0 Å². The number of ether oxygens (including phenoxy) is 1. The van der Waals surface area contributed by atoms with E-state index < -0.39 is 0 Å². The number of cyclic esters (lactones) is 1. The van der Waals surface area contributed by atoms with E-state index in [0.29, 0.717) is 19.6 Å². The number of amides is 1. The van der Waals surface area contributed by atoms with E-state index >= 15 is 0 Å². The maximum atomic E-state index is 9.91.